The molecule has 9 nitrogen and oxygen atoms in total. The van der Waals surface area contributed by atoms with E-state index in [0.717, 1.165) is 10.1 Å². The Kier molecular flexibility index (Phi) is 5.67. The number of para-hydroxylation sites is 1. The number of nitrogens with one attached hydrogen (secondary N) is 2. The minimum atomic E-state index is -0.631. The SMILES string of the molecule is CCN1CC[C@@]2(CCC1=O)C[C@@H](NC(=O)Cn1ccc(=O)[nH]c1=O)c1ccccc1O2. The van der Waals surface area contributed by atoms with Gasteiger partial charge in [-0.05, 0) is 19.4 Å². The molecule has 31 heavy (non-hydrogen) atoms. The Morgan fingerprint density at radius 1 is 1.23 bits per heavy atom. The van der Waals surface area contributed by atoms with Gasteiger partial charge in [-0.15, -0.1) is 0 Å². The van der Waals surface area contributed by atoms with E-state index >= 15 is 0 Å². The molecular weight excluding hydrogens is 400 g/mol. The highest BCUT2D eigenvalue weighted by molar-refractivity contribution is 5.77. The van der Waals surface area contributed by atoms with Gasteiger partial charge in [0, 0.05) is 50.2 Å². The van der Waals surface area contributed by atoms with Crippen molar-refractivity contribution < 1.29 is 14.3 Å². The van der Waals surface area contributed by atoms with Crippen LogP contribution in [0.15, 0.2) is 46.1 Å². The summed E-state index contributed by atoms with van der Waals surface area (Å²) in [4.78, 5) is 52.3. The summed E-state index contributed by atoms with van der Waals surface area (Å²) in [7, 11) is 0. The molecular formula is C22H26N4O5. The second-order valence-electron chi connectivity index (χ2n) is 8.11. The normalized spacial score (nSPS) is 23.1. The van der Waals surface area contributed by atoms with Gasteiger partial charge in [-0.3, -0.25) is 23.9 Å². The van der Waals surface area contributed by atoms with Crippen molar-refractivity contribution >= 4 is 11.8 Å². The first-order valence-electron chi connectivity index (χ1n) is 10.5. The van der Waals surface area contributed by atoms with Crippen LogP contribution in [0.25, 0.3) is 0 Å². The van der Waals surface area contributed by atoms with E-state index in [1.54, 1.807) is 0 Å². The molecule has 2 aliphatic heterocycles. The van der Waals surface area contributed by atoms with Crippen LogP contribution in [0.3, 0.4) is 0 Å². The standard InChI is InChI=1S/C22H26N4O5/c1-2-25-12-10-22(9-7-20(25)29)13-16(15-5-3-4-6-17(15)31-22)23-19(28)14-26-11-8-18(27)24-21(26)30/h3-6,8,11,16H,2,7,9-10,12-14H2,1H3,(H,23,28)(H,24,27,30)/t16-,22+/m1/s1. The molecule has 0 unspecified atom stereocenters. The number of aromatic nitrogens is 2. The molecule has 2 atom stereocenters. The Hall–Kier alpha value is -3.36. The zero-order valence-corrected chi connectivity index (χ0v) is 17.4. The lowest BCUT2D eigenvalue weighted by Gasteiger charge is -2.42. The van der Waals surface area contributed by atoms with E-state index in [9.17, 15) is 19.2 Å². The van der Waals surface area contributed by atoms with E-state index in [4.69, 9.17) is 4.74 Å². The number of rotatable bonds is 4. The average Bonchev–Trinajstić information content (AvgIpc) is 2.89. The van der Waals surface area contributed by atoms with Gasteiger partial charge < -0.3 is 15.0 Å². The van der Waals surface area contributed by atoms with E-state index in [1.807, 2.05) is 36.1 Å². The molecule has 0 radical (unpaired) electrons. The Morgan fingerprint density at radius 2 is 2.03 bits per heavy atom. The van der Waals surface area contributed by atoms with Crippen LogP contribution in [0, 0.1) is 0 Å². The summed E-state index contributed by atoms with van der Waals surface area (Å²) in [5.74, 6) is 0.489. The number of amides is 2. The third-order valence-electron chi connectivity index (χ3n) is 6.11. The van der Waals surface area contributed by atoms with Gasteiger partial charge in [-0.2, -0.15) is 0 Å². The van der Waals surface area contributed by atoms with Gasteiger partial charge >= 0.3 is 5.69 Å². The molecule has 1 aromatic carbocycles. The fourth-order valence-corrected chi connectivity index (χ4v) is 4.43. The molecule has 0 bridgehead atoms. The summed E-state index contributed by atoms with van der Waals surface area (Å²) in [5.41, 5.74) is -0.807. The second kappa shape index (κ2) is 8.41. The second-order valence-corrected chi connectivity index (χ2v) is 8.11. The van der Waals surface area contributed by atoms with E-state index in [-0.39, 0.29) is 24.4 Å². The first kappa shape index (κ1) is 20.9. The predicted octanol–water partition coefficient (Wildman–Crippen LogP) is 0.948. The van der Waals surface area contributed by atoms with Crippen molar-refractivity contribution in [2.45, 2.75) is 50.8 Å². The molecule has 0 saturated carbocycles. The van der Waals surface area contributed by atoms with E-state index in [0.29, 0.717) is 44.5 Å². The lowest BCUT2D eigenvalue weighted by atomic mass is 9.82. The van der Waals surface area contributed by atoms with E-state index in [2.05, 4.69) is 10.3 Å². The molecule has 1 saturated heterocycles. The van der Waals surface area contributed by atoms with Crippen molar-refractivity contribution in [3.05, 3.63) is 62.9 Å². The lowest BCUT2D eigenvalue weighted by Crippen LogP contribution is -2.46. The number of carbonyl (C=O) groups is 2. The number of hydrogen-bond acceptors (Lipinski definition) is 5. The maximum Gasteiger partial charge on any atom is 0.328 e. The fourth-order valence-electron chi connectivity index (χ4n) is 4.43. The third kappa shape index (κ3) is 4.40. The maximum absolute atomic E-state index is 12.8. The van der Waals surface area contributed by atoms with E-state index < -0.39 is 16.9 Å². The summed E-state index contributed by atoms with van der Waals surface area (Å²) in [6.45, 7) is 3.05. The van der Waals surface area contributed by atoms with Gasteiger partial charge in [-0.25, -0.2) is 4.79 Å². The molecule has 2 amide bonds. The van der Waals surface area contributed by atoms with Crippen LogP contribution in [0.2, 0.25) is 0 Å². The Morgan fingerprint density at radius 3 is 2.81 bits per heavy atom. The van der Waals surface area contributed by atoms with Crippen LogP contribution in [0.4, 0.5) is 0 Å². The Bertz CT molecular complexity index is 1110. The van der Waals surface area contributed by atoms with Gasteiger partial charge in [0.15, 0.2) is 0 Å². The maximum atomic E-state index is 12.8. The smallest absolute Gasteiger partial charge is 0.328 e. The number of ether oxygens (including phenoxy) is 1. The lowest BCUT2D eigenvalue weighted by molar-refractivity contribution is -0.130. The van der Waals surface area contributed by atoms with Crippen LogP contribution in [0.5, 0.6) is 5.75 Å². The number of aromatic amines is 1. The molecule has 1 fully saturated rings. The number of likely N-dealkylation sites (tertiary alicyclic amines) is 1. The number of hydrogen-bond donors (Lipinski definition) is 2. The monoisotopic (exact) mass is 426 g/mol. The highest BCUT2D eigenvalue weighted by atomic mass is 16.5. The minimum absolute atomic E-state index is 0.125. The molecule has 2 aliphatic rings. The zero-order chi connectivity index (χ0) is 22.0. The highest BCUT2D eigenvalue weighted by Crippen LogP contribution is 2.44. The zero-order valence-electron chi connectivity index (χ0n) is 17.4. The number of carbonyl (C=O) groups excluding carboxylic acids is 2. The van der Waals surface area contributed by atoms with Crippen molar-refractivity contribution in [1.82, 2.24) is 19.8 Å². The van der Waals surface area contributed by atoms with Crippen LogP contribution < -0.4 is 21.3 Å². The number of benzene rings is 1. The molecule has 4 rings (SSSR count). The Balaban J connectivity index is 1.56. The minimum Gasteiger partial charge on any atom is -0.487 e. The average molecular weight is 426 g/mol. The first-order chi connectivity index (χ1) is 14.9. The molecule has 3 heterocycles. The van der Waals surface area contributed by atoms with Gasteiger partial charge in [0.2, 0.25) is 11.8 Å². The number of nitrogens with zero attached hydrogens (tertiary/aromatic N) is 2. The van der Waals surface area contributed by atoms with Crippen LogP contribution in [0.1, 0.15) is 44.2 Å². The third-order valence-corrected chi connectivity index (χ3v) is 6.11. The van der Waals surface area contributed by atoms with Crippen LogP contribution >= 0.6 is 0 Å². The fraction of sp³-hybridized carbons (Fsp3) is 0.455. The molecule has 9 heteroatoms. The summed E-state index contributed by atoms with van der Waals surface area (Å²) in [5, 5.41) is 3.02. The van der Waals surface area contributed by atoms with Crippen molar-refractivity contribution in [2.75, 3.05) is 13.1 Å². The molecule has 164 valence electrons. The molecule has 1 spiro atoms. The van der Waals surface area contributed by atoms with Crippen molar-refractivity contribution in [3.8, 4) is 5.75 Å². The summed E-state index contributed by atoms with van der Waals surface area (Å²) in [6.07, 6.45) is 3.52. The predicted molar refractivity (Wildman–Crippen MR) is 113 cm³/mol. The molecule has 0 aliphatic carbocycles. The topological polar surface area (TPSA) is 113 Å². The van der Waals surface area contributed by atoms with Gasteiger partial charge in [-0.1, -0.05) is 18.2 Å². The van der Waals surface area contributed by atoms with Gasteiger partial charge in [0.25, 0.3) is 5.56 Å². The largest absolute Gasteiger partial charge is 0.487 e. The summed E-state index contributed by atoms with van der Waals surface area (Å²) >= 11 is 0. The van der Waals surface area contributed by atoms with Gasteiger partial charge in [0.1, 0.15) is 17.9 Å². The summed E-state index contributed by atoms with van der Waals surface area (Å²) < 4.78 is 7.57. The molecule has 2 N–H and O–H groups in total. The van der Waals surface area contributed by atoms with Gasteiger partial charge in [0.05, 0.1) is 6.04 Å². The number of fused-ring (bicyclic) bond motifs is 1. The van der Waals surface area contributed by atoms with Crippen molar-refractivity contribution in [2.24, 2.45) is 0 Å². The first-order valence-corrected chi connectivity index (χ1v) is 10.5. The molecule has 1 aromatic heterocycles. The quantitative estimate of drug-likeness (QED) is 0.756. The van der Waals surface area contributed by atoms with Crippen molar-refractivity contribution in [1.29, 1.82) is 0 Å². The summed E-state index contributed by atoms with van der Waals surface area (Å²) in [6, 6.07) is 8.47. The number of H-pyrrole nitrogens is 1. The van der Waals surface area contributed by atoms with E-state index in [1.165, 1.54) is 12.3 Å². The Labute approximate surface area is 179 Å². The van der Waals surface area contributed by atoms with Crippen LogP contribution in [-0.2, 0) is 16.1 Å². The van der Waals surface area contributed by atoms with Crippen LogP contribution in [-0.4, -0.2) is 45.0 Å². The van der Waals surface area contributed by atoms with Crippen molar-refractivity contribution in [3.63, 3.8) is 0 Å². The molecule has 2 aromatic rings. The highest BCUT2D eigenvalue weighted by Gasteiger charge is 2.43.